The molecule has 1 atom stereocenters. The summed E-state index contributed by atoms with van der Waals surface area (Å²) in [5.74, 6) is 3.36. The second-order valence-corrected chi connectivity index (χ2v) is 6.82. The van der Waals surface area contributed by atoms with Crippen LogP contribution in [0.1, 0.15) is 22.7 Å². The Morgan fingerprint density at radius 3 is 3.11 bits per heavy atom. The topological polar surface area (TPSA) is 49.3 Å². The van der Waals surface area contributed by atoms with Gasteiger partial charge in [0, 0.05) is 29.9 Å². The molecule has 1 aliphatic rings. The highest BCUT2D eigenvalue weighted by atomic mass is 32.2. The molecule has 0 aliphatic carbocycles. The SMILES string of the molecule is CN=C(NCc1ncc(C)s1)NC1CCCSC1. The third kappa shape index (κ3) is 4.17. The van der Waals surface area contributed by atoms with Gasteiger partial charge in [-0.2, -0.15) is 11.8 Å². The van der Waals surface area contributed by atoms with Crippen LogP contribution in [0.15, 0.2) is 11.2 Å². The number of thioether (sulfide) groups is 1. The normalized spacial score (nSPS) is 20.8. The van der Waals surface area contributed by atoms with E-state index >= 15 is 0 Å². The molecule has 6 heteroatoms. The largest absolute Gasteiger partial charge is 0.353 e. The standard InChI is InChI=1S/C12H20N4S2/c1-9-6-14-11(18-9)7-15-12(13-2)16-10-4-3-5-17-8-10/h6,10H,3-5,7-8H2,1-2H3,(H2,13,15,16). The molecule has 2 rings (SSSR count). The summed E-state index contributed by atoms with van der Waals surface area (Å²) < 4.78 is 0. The highest BCUT2D eigenvalue weighted by Gasteiger charge is 2.14. The fourth-order valence-electron chi connectivity index (χ4n) is 1.89. The monoisotopic (exact) mass is 284 g/mol. The van der Waals surface area contributed by atoms with Crippen molar-refractivity contribution in [3.05, 3.63) is 16.1 Å². The first kappa shape index (κ1) is 13.7. The van der Waals surface area contributed by atoms with Crippen molar-refractivity contribution in [1.29, 1.82) is 0 Å². The van der Waals surface area contributed by atoms with Gasteiger partial charge in [-0.05, 0) is 25.5 Å². The van der Waals surface area contributed by atoms with E-state index in [1.165, 1.54) is 29.2 Å². The average molecular weight is 284 g/mol. The summed E-state index contributed by atoms with van der Waals surface area (Å²) in [5, 5.41) is 7.91. The summed E-state index contributed by atoms with van der Waals surface area (Å²) in [7, 11) is 1.82. The number of nitrogens with one attached hydrogen (secondary N) is 2. The molecule has 0 radical (unpaired) electrons. The zero-order valence-electron chi connectivity index (χ0n) is 10.9. The maximum absolute atomic E-state index is 4.34. The quantitative estimate of drug-likeness (QED) is 0.658. The number of rotatable bonds is 3. The van der Waals surface area contributed by atoms with Crippen LogP contribution in [0, 0.1) is 6.92 Å². The summed E-state index contributed by atoms with van der Waals surface area (Å²) in [4.78, 5) is 9.85. The molecule has 1 saturated heterocycles. The molecule has 0 amide bonds. The van der Waals surface area contributed by atoms with Gasteiger partial charge in [-0.3, -0.25) is 4.99 Å². The van der Waals surface area contributed by atoms with Crippen molar-refractivity contribution in [2.24, 2.45) is 4.99 Å². The number of aliphatic imine (C=N–C) groups is 1. The molecule has 2 heterocycles. The smallest absolute Gasteiger partial charge is 0.191 e. The molecule has 0 saturated carbocycles. The van der Waals surface area contributed by atoms with Crippen LogP contribution in [0.5, 0.6) is 0 Å². The van der Waals surface area contributed by atoms with Gasteiger partial charge >= 0.3 is 0 Å². The summed E-state index contributed by atoms with van der Waals surface area (Å²) in [6, 6.07) is 0.549. The summed E-state index contributed by atoms with van der Waals surface area (Å²) in [6.45, 7) is 2.82. The van der Waals surface area contributed by atoms with Crippen molar-refractivity contribution in [1.82, 2.24) is 15.6 Å². The average Bonchev–Trinajstić information content (AvgIpc) is 2.81. The minimum Gasteiger partial charge on any atom is -0.353 e. The van der Waals surface area contributed by atoms with Crippen molar-refractivity contribution >= 4 is 29.1 Å². The van der Waals surface area contributed by atoms with Crippen LogP contribution in [0.3, 0.4) is 0 Å². The van der Waals surface area contributed by atoms with Gasteiger partial charge in [-0.25, -0.2) is 4.98 Å². The lowest BCUT2D eigenvalue weighted by Gasteiger charge is -2.24. The van der Waals surface area contributed by atoms with E-state index in [9.17, 15) is 0 Å². The van der Waals surface area contributed by atoms with Gasteiger partial charge in [0.1, 0.15) is 5.01 Å². The third-order valence-corrected chi connectivity index (χ3v) is 4.93. The molecule has 1 aliphatic heterocycles. The van der Waals surface area contributed by atoms with Gasteiger partial charge in [-0.15, -0.1) is 11.3 Å². The van der Waals surface area contributed by atoms with Crippen molar-refractivity contribution in [3.63, 3.8) is 0 Å². The predicted molar refractivity (Wildman–Crippen MR) is 80.5 cm³/mol. The Balaban J connectivity index is 1.78. The van der Waals surface area contributed by atoms with E-state index in [0.29, 0.717) is 6.04 Å². The number of hydrogen-bond donors (Lipinski definition) is 2. The Hall–Kier alpha value is -0.750. The van der Waals surface area contributed by atoms with Crippen LogP contribution in [0.4, 0.5) is 0 Å². The Labute approximate surface area is 117 Å². The molecule has 1 unspecified atom stereocenters. The van der Waals surface area contributed by atoms with Crippen LogP contribution in [0.25, 0.3) is 0 Å². The summed E-state index contributed by atoms with van der Waals surface area (Å²) >= 11 is 3.74. The van der Waals surface area contributed by atoms with Gasteiger partial charge in [0.05, 0.1) is 6.54 Å². The Bertz CT molecular complexity index is 397. The van der Waals surface area contributed by atoms with Gasteiger partial charge in [0.15, 0.2) is 5.96 Å². The zero-order valence-corrected chi connectivity index (χ0v) is 12.5. The van der Waals surface area contributed by atoms with Gasteiger partial charge in [0.2, 0.25) is 0 Å². The Morgan fingerprint density at radius 1 is 1.61 bits per heavy atom. The maximum atomic E-state index is 4.34. The molecule has 0 spiro atoms. The fraction of sp³-hybridized carbons (Fsp3) is 0.667. The maximum Gasteiger partial charge on any atom is 0.191 e. The van der Waals surface area contributed by atoms with Gasteiger partial charge < -0.3 is 10.6 Å². The number of aromatic nitrogens is 1. The van der Waals surface area contributed by atoms with Crippen molar-refractivity contribution in [3.8, 4) is 0 Å². The summed E-state index contributed by atoms with van der Waals surface area (Å²) in [5.41, 5.74) is 0. The number of nitrogens with zero attached hydrogens (tertiary/aromatic N) is 2. The number of hydrogen-bond acceptors (Lipinski definition) is 4. The van der Waals surface area contributed by atoms with E-state index in [2.05, 4.69) is 27.5 Å². The van der Waals surface area contributed by atoms with E-state index in [-0.39, 0.29) is 0 Å². The molecule has 0 aromatic carbocycles. The van der Waals surface area contributed by atoms with E-state index in [1.54, 1.807) is 11.3 Å². The second-order valence-electron chi connectivity index (χ2n) is 4.35. The first-order valence-electron chi connectivity index (χ1n) is 6.24. The highest BCUT2D eigenvalue weighted by Crippen LogP contribution is 2.16. The van der Waals surface area contributed by atoms with E-state index < -0.39 is 0 Å². The minimum atomic E-state index is 0.549. The molecule has 2 N–H and O–H groups in total. The zero-order chi connectivity index (χ0) is 12.8. The van der Waals surface area contributed by atoms with Crippen molar-refractivity contribution in [2.45, 2.75) is 32.4 Å². The fourth-order valence-corrected chi connectivity index (χ4v) is 3.68. The predicted octanol–water partition coefficient (Wildman–Crippen LogP) is 2.01. The van der Waals surface area contributed by atoms with Crippen molar-refractivity contribution < 1.29 is 0 Å². The van der Waals surface area contributed by atoms with Crippen LogP contribution in [-0.4, -0.2) is 35.5 Å². The molecule has 4 nitrogen and oxygen atoms in total. The van der Waals surface area contributed by atoms with E-state index in [0.717, 1.165) is 17.5 Å². The summed E-state index contributed by atoms with van der Waals surface area (Å²) in [6.07, 6.45) is 4.45. The van der Waals surface area contributed by atoms with Crippen LogP contribution < -0.4 is 10.6 Å². The first-order chi connectivity index (χ1) is 8.78. The van der Waals surface area contributed by atoms with E-state index in [1.807, 2.05) is 25.0 Å². The highest BCUT2D eigenvalue weighted by molar-refractivity contribution is 7.99. The Morgan fingerprint density at radius 2 is 2.50 bits per heavy atom. The van der Waals surface area contributed by atoms with Crippen LogP contribution in [0.2, 0.25) is 0 Å². The minimum absolute atomic E-state index is 0.549. The molecular weight excluding hydrogens is 264 g/mol. The molecular formula is C12H20N4S2. The third-order valence-electron chi connectivity index (χ3n) is 2.80. The number of aryl methyl sites for hydroxylation is 1. The molecule has 0 bridgehead atoms. The van der Waals surface area contributed by atoms with Crippen LogP contribution >= 0.6 is 23.1 Å². The lowest BCUT2D eigenvalue weighted by atomic mass is 10.2. The second kappa shape index (κ2) is 6.99. The molecule has 1 aromatic rings. The lowest BCUT2D eigenvalue weighted by molar-refractivity contribution is 0.582. The molecule has 18 heavy (non-hydrogen) atoms. The lowest BCUT2D eigenvalue weighted by Crippen LogP contribution is -2.45. The Kier molecular flexibility index (Phi) is 5.31. The molecule has 1 aromatic heterocycles. The van der Waals surface area contributed by atoms with Gasteiger partial charge in [0.25, 0.3) is 0 Å². The number of thiazole rings is 1. The van der Waals surface area contributed by atoms with Crippen molar-refractivity contribution in [2.75, 3.05) is 18.6 Å². The van der Waals surface area contributed by atoms with Gasteiger partial charge in [-0.1, -0.05) is 0 Å². The van der Waals surface area contributed by atoms with E-state index in [4.69, 9.17) is 0 Å². The number of guanidine groups is 1. The first-order valence-corrected chi connectivity index (χ1v) is 8.21. The molecule has 1 fully saturated rings. The molecule has 100 valence electrons. The van der Waals surface area contributed by atoms with Crippen LogP contribution in [-0.2, 0) is 6.54 Å².